The number of nitrogens with one attached hydrogen (secondary N) is 2. The third-order valence-corrected chi connectivity index (χ3v) is 4.61. The highest BCUT2D eigenvalue weighted by molar-refractivity contribution is 9.10. The van der Waals surface area contributed by atoms with Gasteiger partial charge in [0.2, 0.25) is 0 Å². The number of benzene rings is 1. The Kier molecular flexibility index (Phi) is 4.37. The lowest BCUT2D eigenvalue weighted by atomic mass is 10.2. The average Bonchev–Trinajstić information content (AvgIpc) is 2.41. The zero-order chi connectivity index (χ0) is 15.6. The summed E-state index contributed by atoms with van der Waals surface area (Å²) >= 11 is 8.81. The Labute approximate surface area is 133 Å². The van der Waals surface area contributed by atoms with E-state index in [4.69, 9.17) is 16.9 Å². The lowest BCUT2D eigenvalue weighted by molar-refractivity contribution is 0.600. The number of nitrogens with zero attached hydrogens (tertiary/aromatic N) is 1. The maximum atomic E-state index is 12.2. The standard InChI is InChI=1S/C12H7BrClN3O3S/c13-8-2-1-7(5-15)11(3-8)17-21(19,20)9-4-10(14)12(18)16-6-9/h1-4,6,17H,(H,16,18). The molecule has 0 radical (unpaired) electrons. The number of aromatic nitrogens is 1. The summed E-state index contributed by atoms with van der Waals surface area (Å²) in [4.78, 5) is 13.2. The highest BCUT2D eigenvalue weighted by Gasteiger charge is 2.17. The van der Waals surface area contributed by atoms with Gasteiger partial charge in [-0.25, -0.2) is 8.42 Å². The first-order valence-electron chi connectivity index (χ1n) is 5.44. The summed E-state index contributed by atoms with van der Waals surface area (Å²) in [7, 11) is -3.98. The van der Waals surface area contributed by atoms with E-state index in [1.807, 2.05) is 6.07 Å². The van der Waals surface area contributed by atoms with Crippen molar-refractivity contribution in [3.05, 3.63) is 55.9 Å². The molecule has 108 valence electrons. The Balaban J connectivity index is 2.47. The Hall–Kier alpha value is -1.82. The number of H-pyrrole nitrogens is 1. The second-order valence-corrected chi connectivity index (χ2v) is 6.92. The number of pyridine rings is 1. The predicted molar refractivity (Wildman–Crippen MR) is 81.7 cm³/mol. The van der Waals surface area contributed by atoms with Gasteiger partial charge >= 0.3 is 0 Å². The van der Waals surface area contributed by atoms with Crippen molar-refractivity contribution in [2.75, 3.05) is 4.72 Å². The molecule has 6 nitrogen and oxygen atoms in total. The number of anilines is 1. The molecule has 2 N–H and O–H groups in total. The molecule has 0 aliphatic rings. The Bertz CT molecular complexity index is 903. The van der Waals surface area contributed by atoms with Gasteiger partial charge in [0.05, 0.1) is 11.3 Å². The number of hydrogen-bond acceptors (Lipinski definition) is 4. The van der Waals surface area contributed by atoms with Crippen molar-refractivity contribution in [3.63, 3.8) is 0 Å². The van der Waals surface area contributed by atoms with Gasteiger partial charge in [0.1, 0.15) is 16.0 Å². The van der Waals surface area contributed by atoms with Crippen LogP contribution in [0.5, 0.6) is 0 Å². The molecule has 0 spiro atoms. The van der Waals surface area contributed by atoms with Crippen LogP contribution in [0.2, 0.25) is 5.02 Å². The van der Waals surface area contributed by atoms with Crippen LogP contribution in [0.3, 0.4) is 0 Å². The highest BCUT2D eigenvalue weighted by atomic mass is 79.9. The number of halogens is 2. The van der Waals surface area contributed by atoms with Crippen molar-refractivity contribution in [3.8, 4) is 6.07 Å². The van der Waals surface area contributed by atoms with Crippen LogP contribution in [0.1, 0.15) is 5.56 Å². The third-order valence-electron chi connectivity index (χ3n) is 2.49. The molecule has 0 saturated heterocycles. The SMILES string of the molecule is N#Cc1ccc(Br)cc1NS(=O)(=O)c1c[nH]c(=O)c(Cl)c1. The molecule has 0 aliphatic carbocycles. The molecule has 0 atom stereocenters. The van der Waals surface area contributed by atoms with Gasteiger partial charge in [-0.1, -0.05) is 27.5 Å². The third kappa shape index (κ3) is 3.44. The van der Waals surface area contributed by atoms with E-state index in [2.05, 4.69) is 25.6 Å². The normalized spacial score (nSPS) is 10.9. The molecule has 2 aromatic rings. The lowest BCUT2D eigenvalue weighted by Crippen LogP contribution is -2.16. The van der Waals surface area contributed by atoms with E-state index < -0.39 is 15.6 Å². The van der Waals surface area contributed by atoms with Gasteiger partial charge in [-0.2, -0.15) is 5.26 Å². The van der Waals surface area contributed by atoms with Gasteiger partial charge in [-0.05, 0) is 24.3 Å². The summed E-state index contributed by atoms with van der Waals surface area (Å²) < 4.78 is 27.3. The molecule has 21 heavy (non-hydrogen) atoms. The van der Waals surface area contributed by atoms with Crippen LogP contribution in [0.25, 0.3) is 0 Å². The smallest absolute Gasteiger partial charge is 0.266 e. The van der Waals surface area contributed by atoms with Crippen LogP contribution in [-0.2, 0) is 10.0 Å². The molecule has 0 amide bonds. The van der Waals surface area contributed by atoms with E-state index >= 15 is 0 Å². The Morgan fingerprint density at radius 3 is 2.67 bits per heavy atom. The van der Waals surface area contributed by atoms with E-state index in [1.54, 1.807) is 6.07 Å². The van der Waals surface area contributed by atoms with Crippen molar-refractivity contribution in [2.45, 2.75) is 4.90 Å². The Morgan fingerprint density at radius 1 is 1.33 bits per heavy atom. The monoisotopic (exact) mass is 387 g/mol. The zero-order valence-electron chi connectivity index (χ0n) is 10.2. The Morgan fingerprint density at radius 2 is 2.05 bits per heavy atom. The van der Waals surface area contributed by atoms with Gasteiger partial charge in [-0.15, -0.1) is 0 Å². The van der Waals surface area contributed by atoms with Crippen LogP contribution < -0.4 is 10.3 Å². The summed E-state index contributed by atoms with van der Waals surface area (Å²) in [5.41, 5.74) is -0.303. The minimum atomic E-state index is -3.98. The van der Waals surface area contributed by atoms with Crippen molar-refractivity contribution in [1.29, 1.82) is 5.26 Å². The maximum absolute atomic E-state index is 12.2. The van der Waals surface area contributed by atoms with Crippen molar-refractivity contribution in [1.82, 2.24) is 4.98 Å². The van der Waals surface area contributed by atoms with Gasteiger partial charge in [-0.3, -0.25) is 9.52 Å². The molecule has 0 unspecified atom stereocenters. The fraction of sp³-hybridized carbons (Fsp3) is 0. The van der Waals surface area contributed by atoms with Crippen molar-refractivity contribution >= 4 is 43.2 Å². The largest absolute Gasteiger partial charge is 0.326 e. The minimum absolute atomic E-state index is 0.120. The maximum Gasteiger partial charge on any atom is 0.266 e. The molecule has 1 heterocycles. The van der Waals surface area contributed by atoms with Crippen LogP contribution in [0.15, 0.2) is 44.6 Å². The van der Waals surface area contributed by atoms with Crippen LogP contribution in [0.4, 0.5) is 5.69 Å². The van der Waals surface area contributed by atoms with E-state index in [9.17, 15) is 13.2 Å². The first-order chi connectivity index (χ1) is 9.83. The van der Waals surface area contributed by atoms with Crippen LogP contribution in [0, 0.1) is 11.3 Å². The number of sulfonamides is 1. The number of nitriles is 1. The van der Waals surface area contributed by atoms with E-state index in [0.29, 0.717) is 4.47 Å². The van der Waals surface area contributed by atoms with E-state index in [0.717, 1.165) is 12.3 Å². The first-order valence-corrected chi connectivity index (χ1v) is 8.09. The summed E-state index contributed by atoms with van der Waals surface area (Å²) in [5.74, 6) is 0. The van der Waals surface area contributed by atoms with E-state index in [1.165, 1.54) is 12.1 Å². The fourth-order valence-corrected chi connectivity index (χ4v) is 3.16. The molecule has 0 fully saturated rings. The molecule has 9 heteroatoms. The molecule has 2 rings (SSSR count). The minimum Gasteiger partial charge on any atom is -0.326 e. The summed E-state index contributed by atoms with van der Waals surface area (Å²) in [6, 6.07) is 7.47. The molecular formula is C12H7BrClN3O3S. The fourth-order valence-electron chi connectivity index (χ4n) is 1.49. The molecule has 1 aromatic carbocycles. The van der Waals surface area contributed by atoms with Gasteiger partial charge in [0.15, 0.2) is 0 Å². The second kappa shape index (κ2) is 5.89. The molecule has 0 bridgehead atoms. The number of aromatic amines is 1. The quantitative estimate of drug-likeness (QED) is 0.843. The summed E-state index contributed by atoms with van der Waals surface area (Å²) in [6.07, 6.45) is 1.03. The number of hydrogen-bond donors (Lipinski definition) is 2. The summed E-state index contributed by atoms with van der Waals surface area (Å²) in [5, 5.41) is 8.75. The summed E-state index contributed by atoms with van der Waals surface area (Å²) in [6.45, 7) is 0. The van der Waals surface area contributed by atoms with Gasteiger partial charge in [0, 0.05) is 10.7 Å². The second-order valence-electron chi connectivity index (χ2n) is 3.92. The van der Waals surface area contributed by atoms with Crippen LogP contribution >= 0.6 is 27.5 Å². The zero-order valence-corrected chi connectivity index (χ0v) is 13.4. The highest BCUT2D eigenvalue weighted by Crippen LogP contribution is 2.24. The van der Waals surface area contributed by atoms with Crippen molar-refractivity contribution < 1.29 is 8.42 Å². The van der Waals surface area contributed by atoms with E-state index in [-0.39, 0.29) is 21.2 Å². The molecule has 0 saturated carbocycles. The van der Waals surface area contributed by atoms with Gasteiger partial charge < -0.3 is 4.98 Å². The average molecular weight is 389 g/mol. The topological polar surface area (TPSA) is 103 Å². The molecule has 0 aliphatic heterocycles. The van der Waals surface area contributed by atoms with Crippen LogP contribution in [-0.4, -0.2) is 13.4 Å². The lowest BCUT2D eigenvalue weighted by Gasteiger charge is -2.10. The van der Waals surface area contributed by atoms with Gasteiger partial charge in [0.25, 0.3) is 15.6 Å². The van der Waals surface area contributed by atoms with Crippen molar-refractivity contribution in [2.24, 2.45) is 0 Å². The predicted octanol–water partition coefficient (Wildman–Crippen LogP) is 2.46. The number of rotatable bonds is 3. The molecule has 1 aromatic heterocycles. The first kappa shape index (κ1) is 15.6. The molecular weight excluding hydrogens is 382 g/mol.